The predicted octanol–water partition coefficient (Wildman–Crippen LogP) is 3.11. The van der Waals surface area contributed by atoms with Gasteiger partial charge in [0.25, 0.3) is 5.91 Å². The van der Waals surface area contributed by atoms with Crippen molar-refractivity contribution in [2.45, 2.75) is 32.7 Å². The van der Waals surface area contributed by atoms with Gasteiger partial charge >= 0.3 is 6.03 Å². The Balaban J connectivity index is 1.70. The van der Waals surface area contributed by atoms with Crippen molar-refractivity contribution in [3.8, 4) is 16.2 Å². The predicted molar refractivity (Wildman–Crippen MR) is 130 cm³/mol. The second-order valence-corrected chi connectivity index (χ2v) is 8.81. The molecule has 0 aliphatic carbocycles. The maximum Gasteiger partial charge on any atom is 0.317 e. The molecule has 0 bridgehead atoms. The summed E-state index contributed by atoms with van der Waals surface area (Å²) in [4.78, 5) is 27.5. The molecule has 1 aliphatic rings. The highest BCUT2D eigenvalue weighted by Crippen LogP contribution is 2.36. The van der Waals surface area contributed by atoms with Gasteiger partial charge in [0, 0.05) is 24.0 Å². The molecule has 32 heavy (non-hydrogen) atoms. The van der Waals surface area contributed by atoms with Crippen LogP contribution in [-0.2, 0) is 0 Å². The number of rotatable bonds is 10. The summed E-state index contributed by atoms with van der Waals surface area (Å²) in [5, 5.41) is 9.39. The van der Waals surface area contributed by atoms with Gasteiger partial charge in [-0.15, -0.1) is 11.3 Å². The molecule has 8 nitrogen and oxygen atoms in total. The van der Waals surface area contributed by atoms with Gasteiger partial charge in [-0.3, -0.25) is 10.1 Å². The number of likely N-dealkylation sites (N-methyl/N-ethyl adjacent to an activating group) is 1. The van der Waals surface area contributed by atoms with Gasteiger partial charge in [-0.05, 0) is 68.4 Å². The number of ether oxygens (including phenoxy) is 1. The van der Waals surface area contributed by atoms with E-state index in [-0.39, 0.29) is 11.9 Å². The van der Waals surface area contributed by atoms with Crippen molar-refractivity contribution in [3.63, 3.8) is 0 Å². The van der Waals surface area contributed by atoms with Gasteiger partial charge in [-0.1, -0.05) is 13.8 Å². The Bertz CT molecular complexity index is 890. The number of nitrogens with two attached hydrogens (primary N) is 1. The molecule has 0 unspecified atom stereocenters. The summed E-state index contributed by atoms with van der Waals surface area (Å²) in [5.41, 5.74) is 6.69. The summed E-state index contributed by atoms with van der Waals surface area (Å²) >= 11 is 1.33. The maximum absolute atomic E-state index is 12.9. The number of urea groups is 1. The molecule has 3 rings (SSSR count). The minimum absolute atomic E-state index is 0.0776. The van der Waals surface area contributed by atoms with E-state index in [9.17, 15) is 9.59 Å². The summed E-state index contributed by atoms with van der Waals surface area (Å²) in [5.74, 6) is 0.594. The average molecular weight is 460 g/mol. The number of thiophene rings is 1. The fraction of sp³-hybridized carbons (Fsp3) is 0.478. The molecule has 1 saturated heterocycles. The summed E-state index contributed by atoms with van der Waals surface area (Å²) in [7, 11) is 0. The molecule has 1 atom stereocenters. The SMILES string of the molecule is CCN(CC)CCOc1ccc(-c2cc(C(=O)N[C@@H]3CCCNC3)c(NC(N)=O)s2)cc1. The van der Waals surface area contributed by atoms with Crippen LogP contribution in [0.5, 0.6) is 5.75 Å². The Morgan fingerprint density at radius 1 is 1.25 bits per heavy atom. The minimum Gasteiger partial charge on any atom is -0.492 e. The second kappa shape index (κ2) is 11.8. The van der Waals surface area contributed by atoms with Crippen LogP contribution in [0.2, 0.25) is 0 Å². The standard InChI is InChI=1S/C23H33N5O3S/c1-3-28(4-2)12-13-31-18-9-7-16(8-10-18)20-14-19(22(32-20)27-23(24)30)21(29)26-17-6-5-11-25-15-17/h7-10,14,17,25H,3-6,11-13,15H2,1-2H3,(H,26,29)(H3,24,27,30)/t17-/m1/s1. The third-order valence-electron chi connectivity index (χ3n) is 5.56. The third-order valence-corrected chi connectivity index (χ3v) is 6.65. The van der Waals surface area contributed by atoms with Crippen LogP contribution in [0.1, 0.15) is 37.0 Å². The summed E-state index contributed by atoms with van der Waals surface area (Å²) < 4.78 is 5.85. The van der Waals surface area contributed by atoms with Crippen molar-refractivity contribution in [2.24, 2.45) is 5.73 Å². The fourth-order valence-electron chi connectivity index (χ4n) is 3.69. The molecular weight excluding hydrogens is 426 g/mol. The van der Waals surface area contributed by atoms with Crippen LogP contribution >= 0.6 is 11.3 Å². The van der Waals surface area contributed by atoms with Gasteiger partial charge in [0.05, 0.1) is 5.56 Å². The van der Waals surface area contributed by atoms with Gasteiger partial charge in [0.1, 0.15) is 17.4 Å². The molecule has 1 aromatic carbocycles. The lowest BCUT2D eigenvalue weighted by Crippen LogP contribution is -2.45. The van der Waals surface area contributed by atoms with Crippen molar-refractivity contribution in [1.29, 1.82) is 0 Å². The maximum atomic E-state index is 12.9. The highest BCUT2D eigenvalue weighted by atomic mass is 32.1. The number of carbonyl (C=O) groups is 2. The fourth-order valence-corrected chi connectivity index (χ4v) is 4.76. The van der Waals surface area contributed by atoms with Crippen LogP contribution in [-0.4, -0.2) is 62.2 Å². The van der Waals surface area contributed by atoms with Crippen LogP contribution in [0.4, 0.5) is 9.80 Å². The van der Waals surface area contributed by atoms with E-state index < -0.39 is 6.03 Å². The number of hydrogen-bond donors (Lipinski definition) is 4. The molecule has 0 spiro atoms. The Morgan fingerprint density at radius 3 is 2.62 bits per heavy atom. The second-order valence-electron chi connectivity index (χ2n) is 7.76. The highest BCUT2D eigenvalue weighted by molar-refractivity contribution is 7.20. The minimum atomic E-state index is -0.691. The molecule has 3 amide bonds. The first kappa shape index (κ1) is 24.0. The van der Waals surface area contributed by atoms with Crippen LogP contribution in [0, 0.1) is 0 Å². The van der Waals surface area contributed by atoms with Crippen molar-refractivity contribution in [3.05, 3.63) is 35.9 Å². The van der Waals surface area contributed by atoms with E-state index in [0.29, 0.717) is 17.2 Å². The Morgan fingerprint density at radius 2 is 2.00 bits per heavy atom. The van der Waals surface area contributed by atoms with E-state index in [1.807, 2.05) is 24.3 Å². The van der Waals surface area contributed by atoms with Crippen molar-refractivity contribution in [2.75, 3.05) is 44.6 Å². The zero-order valence-corrected chi connectivity index (χ0v) is 19.6. The number of benzene rings is 1. The van der Waals surface area contributed by atoms with E-state index >= 15 is 0 Å². The van der Waals surface area contributed by atoms with Crippen LogP contribution in [0.3, 0.4) is 0 Å². The molecule has 174 valence electrons. The molecule has 1 fully saturated rings. The van der Waals surface area contributed by atoms with Crippen molar-refractivity contribution >= 4 is 28.3 Å². The molecule has 9 heteroatoms. The average Bonchev–Trinajstić information content (AvgIpc) is 3.21. The van der Waals surface area contributed by atoms with Gasteiger partial charge < -0.3 is 26.0 Å². The summed E-state index contributed by atoms with van der Waals surface area (Å²) in [6, 6.07) is 8.95. The molecule has 5 N–H and O–H groups in total. The topological polar surface area (TPSA) is 109 Å². The number of amides is 3. The third kappa shape index (κ3) is 6.69. The quantitative estimate of drug-likeness (QED) is 0.437. The number of nitrogens with zero attached hydrogens (tertiary/aromatic N) is 1. The Hall–Kier alpha value is -2.62. The zero-order valence-electron chi connectivity index (χ0n) is 18.8. The first-order valence-corrected chi connectivity index (χ1v) is 12.0. The first-order valence-electron chi connectivity index (χ1n) is 11.2. The lowest BCUT2D eigenvalue weighted by molar-refractivity contribution is 0.0932. The number of hydrogen-bond acceptors (Lipinski definition) is 6. The van der Waals surface area contributed by atoms with E-state index in [4.69, 9.17) is 10.5 Å². The van der Waals surface area contributed by atoms with E-state index in [1.54, 1.807) is 6.07 Å². The molecular formula is C23H33N5O3S. The van der Waals surface area contributed by atoms with Crippen molar-refractivity contribution < 1.29 is 14.3 Å². The zero-order chi connectivity index (χ0) is 22.9. The highest BCUT2D eigenvalue weighted by Gasteiger charge is 2.22. The number of anilines is 1. The van der Waals surface area contributed by atoms with E-state index in [0.717, 1.165) is 61.8 Å². The number of primary amides is 1. The number of piperidine rings is 1. The molecule has 1 aromatic heterocycles. The normalized spacial score (nSPS) is 16.0. The van der Waals surface area contributed by atoms with Gasteiger partial charge in [0.2, 0.25) is 0 Å². The van der Waals surface area contributed by atoms with Gasteiger partial charge in [-0.25, -0.2) is 4.79 Å². The molecule has 0 saturated carbocycles. The molecule has 2 aromatic rings. The van der Waals surface area contributed by atoms with Crippen molar-refractivity contribution in [1.82, 2.24) is 15.5 Å². The lowest BCUT2D eigenvalue weighted by Gasteiger charge is -2.23. The lowest BCUT2D eigenvalue weighted by atomic mass is 10.1. The molecule has 1 aliphatic heterocycles. The summed E-state index contributed by atoms with van der Waals surface area (Å²) in [6.07, 6.45) is 1.96. The molecule has 0 radical (unpaired) electrons. The van der Waals surface area contributed by atoms with Crippen LogP contribution in [0.25, 0.3) is 10.4 Å². The van der Waals surface area contributed by atoms with E-state index in [2.05, 4.69) is 34.7 Å². The summed E-state index contributed by atoms with van der Waals surface area (Å²) in [6.45, 7) is 9.53. The Kier molecular flexibility index (Phi) is 8.90. The molecule has 2 heterocycles. The van der Waals surface area contributed by atoms with E-state index in [1.165, 1.54) is 11.3 Å². The van der Waals surface area contributed by atoms with Gasteiger partial charge in [-0.2, -0.15) is 0 Å². The first-order chi connectivity index (χ1) is 15.5. The number of carbonyl (C=O) groups excluding carboxylic acids is 2. The van der Waals surface area contributed by atoms with Gasteiger partial charge in [0.15, 0.2) is 0 Å². The Labute approximate surface area is 193 Å². The largest absolute Gasteiger partial charge is 0.492 e. The van der Waals surface area contributed by atoms with Crippen LogP contribution < -0.4 is 26.4 Å². The number of nitrogens with one attached hydrogen (secondary N) is 3. The van der Waals surface area contributed by atoms with Crippen LogP contribution in [0.15, 0.2) is 30.3 Å². The smallest absolute Gasteiger partial charge is 0.317 e. The monoisotopic (exact) mass is 459 g/mol.